The van der Waals surface area contributed by atoms with Crippen LogP contribution in [0.4, 0.5) is 5.69 Å². The molecule has 2 rings (SSSR count). The fourth-order valence-corrected chi connectivity index (χ4v) is 2.57. The Bertz CT molecular complexity index is 677. The van der Waals surface area contributed by atoms with Crippen molar-refractivity contribution >= 4 is 11.7 Å². The van der Waals surface area contributed by atoms with Crippen molar-refractivity contribution in [3.05, 3.63) is 59.7 Å². The Morgan fingerprint density at radius 1 is 1.17 bits per heavy atom. The summed E-state index contributed by atoms with van der Waals surface area (Å²) in [5.41, 5.74) is 7.86. The number of hydrogen-bond acceptors (Lipinski definition) is 3. The quantitative estimate of drug-likeness (QED) is 0.789. The van der Waals surface area contributed by atoms with Gasteiger partial charge in [-0.2, -0.15) is 0 Å². The zero-order valence-electron chi connectivity index (χ0n) is 13.7. The number of carboxylic acids is 1. The average molecular weight is 313 g/mol. The van der Waals surface area contributed by atoms with Crippen LogP contribution in [0.5, 0.6) is 5.75 Å². The van der Waals surface area contributed by atoms with E-state index in [9.17, 15) is 4.79 Å². The molecule has 4 nitrogen and oxygen atoms in total. The van der Waals surface area contributed by atoms with E-state index in [4.69, 9.17) is 15.6 Å². The summed E-state index contributed by atoms with van der Waals surface area (Å²) in [6.07, 6.45) is 0.926. The molecule has 0 fully saturated rings. The number of nitrogen functional groups attached to an aromatic ring is 1. The molecule has 0 aliphatic rings. The van der Waals surface area contributed by atoms with Crippen LogP contribution in [0.1, 0.15) is 44.2 Å². The summed E-state index contributed by atoms with van der Waals surface area (Å²) in [6, 6.07) is 15.4. The number of carbonyl (C=O) groups is 1. The highest BCUT2D eigenvalue weighted by Crippen LogP contribution is 2.32. The van der Waals surface area contributed by atoms with Crippen molar-refractivity contribution in [1.82, 2.24) is 0 Å². The van der Waals surface area contributed by atoms with E-state index < -0.39 is 11.6 Å². The minimum atomic E-state index is -1.25. The molecule has 122 valence electrons. The van der Waals surface area contributed by atoms with Crippen LogP contribution in [-0.2, 0) is 4.79 Å². The Labute approximate surface area is 136 Å². The lowest BCUT2D eigenvalue weighted by atomic mass is 9.88. The van der Waals surface area contributed by atoms with E-state index in [1.807, 2.05) is 48.5 Å². The normalized spacial score (nSPS) is 12.7. The second kappa shape index (κ2) is 6.73. The smallest absolute Gasteiger partial charge is 0.347 e. The number of hydrogen-bond donors (Lipinski definition) is 2. The second-order valence-electron chi connectivity index (χ2n) is 6.08. The molecule has 0 amide bonds. The molecule has 4 heteroatoms. The Balaban J connectivity index is 2.24. The lowest BCUT2D eigenvalue weighted by molar-refractivity contribution is -0.152. The summed E-state index contributed by atoms with van der Waals surface area (Å²) in [5, 5.41) is 9.12. The van der Waals surface area contributed by atoms with Crippen LogP contribution in [0.25, 0.3) is 0 Å². The van der Waals surface area contributed by atoms with Crippen molar-refractivity contribution in [3.8, 4) is 5.75 Å². The summed E-state index contributed by atoms with van der Waals surface area (Å²) in [6.45, 7) is 5.18. The van der Waals surface area contributed by atoms with Gasteiger partial charge in [0.1, 0.15) is 5.75 Å². The molecule has 0 aliphatic heterocycles. The zero-order chi connectivity index (χ0) is 17.0. The van der Waals surface area contributed by atoms with Gasteiger partial charge in [-0.15, -0.1) is 0 Å². The van der Waals surface area contributed by atoms with Crippen molar-refractivity contribution < 1.29 is 14.6 Å². The molecule has 1 atom stereocenters. The number of aliphatic carboxylic acids is 1. The lowest BCUT2D eigenvalue weighted by Gasteiger charge is -2.22. The highest BCUT2D eigenvalue weighted by atomic mass is 16.5. The third kappa shape index (κ3) is 3.83. The molecule has 0 aromatic heterocycles. The van der Waals surface area contributed by atoms with Crippen LogP contribution in [0.3, 0.4) is 0 Å². The van der Waals surface area contributed by atoms with Gasteiger partial charge in [0.15, 0.2) is 5.60 Å². The van der Waals surface area contributed by atoms with Gasteiger partial charge in [-0.25, -0.2) is 4.79 Å². The number of anilines is 1. The van der Waals surface area contributed by atoms with Crippen LogP contribution in [0, 0.1) is 0 Å². The van der Waals surface area contributed by atoms with Gasteiger partial charge in [0.05, 0.1) is 0 Å². The van der Waals surface area contributed by atoms with E-state index in [-0.39, 0.29) is 5.92 Å². The lowest BCUT2D eigenvalue weighted by Crippen LogP contribution is -2.37. The number of rotatable bonds is 6. The number of carboxylic acid groups (broad SMARTS) is 1. The Morgan fingerprint density at radius 2 is 1.78 bits per heavy atom. The molecule has 2 aromatic carbocycles. The van der Waals surface area contributed by atoms with Gasteiger partial charge in [-0.1, -0.05) is 37.3 Å². The monoisotopic (exact) mass is 313 g/mol. The molecule has 23 heavy (non-hydrogen) atoms. The fourth-order valence-electron chi connectivity index (χ4n) is 2.57. The second-order valence-corrected chi connectivity index (χ2v) is 6.08. The molecule has 1 unspecified atom stereocenters. The maximum Gasteiger partial charge on any atom is 0.347 e. The standard InChI is InChI=1S/C19H23NO3/c1-4-15(16-7-5-6-8-17(16)20)13-9-11-14(12-10-13)23-19(2,3)18(21)22/h5-12,15H,4,20H2,1-3H3,(H,21,22). The van der Waals surface area contributed by atoms with Crippen molar-refractivity contribution in [3.63, 3.8) is 0 Å². The van der Waals surface area contributed by atoms with Crippen molar-refractivity contribution in [2.45, 2.75) is 38.7 Å². The molecule has 0 radical (unpaired) electrons. The number of ether oxygens (including phenoxy) is 1. The number of para-hydroxylation sites is 1. The predicted molar refractivity (Wildman–Crippen MR) is 91.8 cm³/mol. The van der Waals surface area contributed by atoms with Gasteiger partial charge in [0.2, 0.25) is 0 Å². The van der Waals surface area contributed by atoms with Gasteiger partial charge in [-0.05, 0) is 49.6 Å². The highest BCUT2D eigenvalue weighted by molar-refractivity contribution is 5.76. The van der Waals surface area contributed by atoms with Crippen LogP contribution in [0.15, 0.2) is 48.5 Å². The molecule has 0 spiro atoms. The first-order valence-electron chi connectivity index (χ1n) is 7.72. The summed E-state index contributed by atoms with van der Waals surface area (Å²) < 4.78 is 5.54. The zero-order valence-corrected chi connectivity index (χ0v) is 13.7. The summed E-state index contributed by atoms with van der Waals surface area (Å²) in [7, 11) is 0. The third-order valence-electron chi connectivity index (χ3n) is 3.95. The highest BCUT2D eigenvalue weighted by Gasteiger charge is 2.29. The molecule has 0 saturated carbocycles. The van der Waals surface area contributed by atoms with E-state index in [0.29, 0.717) is 5.75 Å². The van der Waals surface area contributed by atoms with Gasteiger partial charge < -0.3 is 15.6 Å². The molecular formula is C19H23NO3. The van der Waals surface area contributed by atoms with Crippen molar-refractivity contribution in [1.29, 1.82) is 0 Å². The third-order valence-corrected chi connectivity index (χ3v) is 3.95. The van der Waals surface area contributed by atoms with Gasteiger partial charge in [0, 0.05) is 11.6 Å². The molecule has 2 aromatic rings. The molecule has 0 bridgehead atoms. The first kappa shape index (κ1) is 16.9. The maximum atomic E-state index is 11.1. The van der Waals surface area contributed by atoms with E-state index in [2.05, 4.69) is 6.92 Å². The Hall–Kier alpha value is -2.49. The van der Waals surface area contributed by atoms with Crippen LogP contribution < -0.4 is 10.5 Å². The first-order valence-corrected chi connectivity index (χ1v) is 7.72. The van der Waals surface area contributed by atoms with Gasteiger partial charge >= 0.3 is 5.97 Å². The van der Waals surface area contributed by atoms with Crippen LogP contribution in [0.2, 0.25) is 0 Å². The minimum absolute atomic E-state index is 0.206. The molecule has 0 heterocycles. The van der Waals surface area contributed by atoms with E-state index >= 15 is 0 Å². The van der Waals surface area contributed by atoms with Crippen molar-refractivity contribution in [2.24, 2.45) is 0 Å². The molecule has 0 aliphatic carbocycles. The largest absolute Gasteiger partial charge is 0.478 e. The Kier molecular flexibility index (Phi) is 4.94. The maximum absolute atomic E-state index is 11.1. The molecule has 3 N–H and O–H groups in total. The first-order chi connectivity index (χ1) is 10.8. The summed E-state index contributed by atoms with van der Waals surface area (Å²) in [4.78, 5) is 11.1. The van der Waals surface area contributed by atoms with E-state index in [1.54, 1.807) is 0 Å². The average Bonchev–Trinajstić information content (AvgIpc) is 2.51. The van der Waals surface area contributed by atoms with Gasteiger partial charge in [0.25, 0.3) is 0 Å². The van der Waals surface area contributed by atoms with Crippen LogP contribution in [-0.4, -0.2) is 16.7 Å². The SMILES string of the molecule is CCC(c1ccc(OC(C)(C)C(=O)O)cc1)c1ccccc1N. The summed E-state index contributed by atoms with van der Waals surface area (Å²) in [5.74, 6) is -0.250. The molecular weight excluding hydrogens is 290 g/mol. The van der Waals surface area contributed by atoms with E-state index in [0.717, 1.165) is 23.2 Å². The topological polar surface area (TPSA) is 72.5 Å². The molecule has 0 saturated heterocycles. The fraction of sp³-hybridized carbons (Fsp3) is 0.316. The van der Waals surface area contributed by atoms with Gasteiger partial charge in [-0.3, -0.25) is 0 Å². The number of nitrogens with two attached hydrogens (primary N) is 1. The Morgan fingerprint density at radius 3 is 2.30 bits per heavy atom. The minimum Gasteiger partial charge on any atom is -0.478 e. The predicted octanol–water partition coefficient (Wildman–Crippen LogP) is 4.05. The van der Waals surface area contributed by atoms with Crippen molar-refractivity contribution in [2.75, 3.05) is 5.73 Å². The summed E-state index contributed by atoms with van der Waals surface area (Å²) >= 11 is 0. The van der Waals surface area contributed by atoms with E-state index in [1.165, 1.54) is 13.8 Å². The number of benzene rings is 2. The van der Waals surface area contributed by atoms with Crippen LogP contribution >= 0.6 is 0 Å².